The molecular weight excluding hydrogens is 306 g/mol. The average Bonchev–Trinajstić information content (AvgIpc) is 2.56. The van der Waals surface area contributed by atoms with E-state index in [0.717, 1.165) is 11.3 Å². The molecule has 1 aromatic rings. The molecule has 0 unspecified atom stereocenters. The molecule has 1 saturated heterocycles. The topological polar surface area (TPSA) is 53.1 Å². The third kappa shape index (κ3) is 5.23. The van der Waals surface area contributed by atoms with Gasteiger partial charge in [-0.25, -0.2) is 0 Å². The number of rotatable bonds is 6. The number of para-hydroxylation sites is 1. The lowest BCUT2D eigenvalue weighted by molar-refractivity contribution is -0.139. The fourth-order valence-electron chi connectivity index (χ4n) is 2.71. The molecular formula is C18H27N3O3. The Hall–Kier alpha value is -2.08. The fraction of sp³-hybridized carbons (Fsp3) is 0.556. The second-order valence-electron chi connectivity index (χ2n) is 6.24. The summed E-state index contributed by atoms with van der Waals surface area (Å²) < 4.78 is 5.76. The first-order valence-corrected chi connectivity index (χ1v) is 8.37. The summed E-state index contributed by atoms with van der Waals surface area (Å²) in [5.74, 6) is 1.07. The molecule has 0 aliphatic carbocycles. The van der Waals surface area contributed by atoms with Crippen LogP contribution in [0.4, 0.5) is 0 Å². The number of benzene rings is 1. The Balaban J connectivity index is 1.68. The zero-order valence-electron chi connectivity index (χ0n) is 14.8. The van der Waals surface area contributed by atoms with Gasteiger partial charge in [-0.15, -0.1) is 0 Å². The molecule has 0 bridgehead atoms. The van der Waals surface area contributed by atoms with E-state index in [1.165, 1.54) is 0 Å². The molecule has 2 amide bonds. The second kappa shape index (κ2) is 8.68. The van der Waals surface area contributed by atoms with E-state index in [0.29, 0.717) is 45.9 Å². The summed E-state index contributed by atoms with van der Waals surface area (Å²) >= 11 is 0. The summed E-state index contributed by atoms with van der Waals surface area (Å²) in [4.78, 5) is 29.2. The van der Waals surface area contributed by atoms with Crippen molar-refractivity contribution < 1.29 is 14.3 Å². The molecule has 24 heavy (non-hydrogen) atoms. The van der Waals surface area contributed by atoms with Crippen LogP contribution in [0.5, 0.6) is 5.75 Å². The number of amides is 2. The lowest BCUT2D eigenvalue weighted by Crippen LogP contribution is -2.52. The summed E-state index contributed by atoms with van der Waals surface area (Å²) in [5, 5.41) is 0. The number of likely N-dealkylation sites (N-methyl/N-ethyl adjacent to an activating group) is 1. The first kappa shape index (κ1) is 18.3. The zero-order chi connectivity index (χ0) is 17.5. The number of nitrogens with zero attached hydrogens (tertiary/aromatic N) is 3. The number of ether oxygens (including phenoxy) is 1. The van der Waals surface area contributed by atoms with Crippen LogP contribution in [0.1, 0.15) is 12.5 Å². The summed E-state index contributed by atoms with van der Waals surface area (Å²) in [5.41, 5.74) is 1.11. The van der Waals surface area contributed by atoms with Crippen LogP contribution >= 0.6 is 0 Å². The van der Waals surface area contributed by atoms with Gasteiger partial charge >= 0.3 is 0 Å². The minimum atomic E-state index is 0.0765. The predicted octanol–water partition coefficient (Wildman–Crippen LogP) is 0.996. The summed E-state index contributed by atoms with van der Waals surface area (Å²) in [6.45, 7) is 7.68. The minimum absolute atomic E-state index is 0.0765. The van der Waals surface area contributed by atoms with E-state index < -0.39 is 0 Å². The van der Waals surface area contributed by atoms with Crippen LogP contribution in [0.15, 0.2) is 24.3 Å². The Bertz CT molecular complexity index is 568. The lowest BCUT2D eigenvalue weighted by Gasteiger charge is -2.35. The van der Waals surface area contributed by atoms with Crippen molar-refractivity contribution in [3.63, 3.8) is 0 Å². The molecule has 6 nitrogen and oxygen atoms in total. The highest BCUT2D eigenvalue weighted by molar-refractivity contribution is 5.79. The van der Waals surface area contributed by atoms with Gasteiger partial charge in [0.15, 0.2) is 0 Å². The van der Waals surface area contributed by atoms with Crippen LogP contribution in [-0.2, 0) is 9.59 Å². The highest BCUT2D eigenvalue weighted by Crippen LogP contribution is 2.15. The SMILES string of the molecule is CC(=O)N1CCN(C(=O)CN(C)CCOc2ccccc2C)CC1. The molecule has 1 fully saturated rings. The Kier molecular flexibility index (Phi) is 6.61. The maximum atomic E-state index is 12.3. The van der Waals surface area contributed by atoms with Crippen molar-refractivity contribution in [2.45, 2.75) is 13.8 Å². The molecule has 0 aromatic heterocycles. The Morgan fingerprint density at radius 3 is 2.38 bits per heavy atom. The Labute approximate surface area is 144 Å². The quantitative estimate of drug-likeness (QED) is 0.779. The maximum Gasteiger partial charge on any atom is 0.236 e. The highest BCUT2D eigenvalue weighted by Gasteiger charge is 2.22. The van der Waals surface area contributed by atoms with Crippen molar-refractivity contribution in [3.05, 3.63) is 29.8 Å². The van der Waals surface area contributed by atoms with Crippen molar-refractivity contribution in [2.24, 2.45) is 0 Å². The van der Waals surface area contributed by atoms with Crippen LogP contribution in [0.25, 0.3) is 0 Å². The third-order valence-electron chi connectivity index (χ3n) is 4.31. The molecule has 6 heteroatoms. The van der Waals surface area contributed by atoms with Gasteiger partial charge in [-0.2, -0.15) is 0 Å². The minimum Gasteiger partial charge on any atom is -0.492 e. The Morgan fingerprint density at radius 1 is 1.12 bits per heavy atom. The molecule has 2 rings (SSSR count). The zero-order valence-corrected chi connectivity index (χ0v) is 14.8. The summed E-state index contributed by atoms with van der Waals surface area (Å²) in [6, 6.07) is 7.91. The normalized spacial score (nSPS) is 14.8. The number of hydrogen-bond acceptors (Lipinski definition) is 4. The van der Waals surface area contributed by atoms with Crippen molar-refractivity contribution in [1.82, 2.24) is 14.7 Å². The number of carbonyl (C=O) groups is 2. The number of hydrogen-bond donors (Lipinski definition) is 0. The standard InChI is InChI=1S/C18H27N3O3/c1-15-6-4-5-7-17(15)24-13-12-19(3)14-18(23)21-10-8-20(9-11-21)16(2)22/h4-7H,8-14H2,1-3H3. The van der Waals surface area contributed by atoms with E-state index in [9.17, 15) is 9.59 Å². The van der Waals surface area contributed by atoms with Crippen molar-refractivity contribution in [1.29, 1.82) is 0 Å². The average molecular weight is 333 g/mol. The van der Waals surface area contributed by atoms with Gasteiger partial charge in [0, 0.05) is 39.6 Å². The van der Waals surface area contributed by atoms with Crippen LogP contribution in [0.3, 0.4) is 0 Å². The van der Waals surface area contributed by atoms with E-state index in [2.05, 4.69) is 0 Å². The van der Waals surface area contributed by atoms with E-state index >= 15 is 0 Å². The molecule has 0 N–H and O–H groups in total. The van der Waals surface area contributed by atoms with Crippen LogP contribution < -0.4 is 4.74 Å². The fourth-order valence-corrected chi connectivity index (χ4v) is 2.71. The van der Waals surface area contributed by atoms with Gasteiger partial charge in [0.05, 0.1) is 6.54 Å². The van der Waals surface area contributed by atoms with E-state index in [1.54, 1.807) is 11.8 Å². The lowest BCUT2D eigenvalue weighted by atomic mass is 10.2. The van der Waals surface area contributed by atoms with E-state index in [1.807, 2.05) is 48.0 Å². The molecule has 1 aliphatic rings. The van der Waals surface area contributed by atoms with Crippen LogP contribution in [0.2, 0.25) is 0 Å². The maximum absolute atomic E-state index is 12.3. The van der Waals surface area contributed by atoms with Gasteiger partial charge in [0.1, 0.15) is 12.4 Å². The first-order chi connectivity index (χ1) is 11.5. The Morgan fingerprint density at radius 2 is 1.75 bits per heavy atom. The number of carbonyl (C=O) groups excluding carboxylic acids is 2. The van der Waals surface area contributed by atoms with Crippen molar-refractivity contribution in [2.75, 3.05) is 52.9 Å². The molecule has 0 spiro atoms. The van der Waals surface area contributed by atoms with E-state index in [4.69, 9.17) is 4.74 Å². The van der Waals surface area contributed by atoms with Gasteiger partial charge in [-0.1, -0.05) is 18.2 Å². The van der Waals surface area contributed by atoms with Crippen LogP contribution in [-0.4, -0.2) is 79.4 Å². The molecule has 1 aliphatic heterocycles. The molecule has 0 saturated carbocycles. The van der Waals surface area contributed by atoms with Gasteiger partial charge < -0.3 is 14.5 Å². The second-order valence-corrected chi connectivity index (χ2v) is 6.24. The third-order valence-corrected chi connectivity index (χ3v) is 4.31. The van der Waals surface area contributed by atoms with Crippen molar-refractivity contribution >= 4 is 11.8 Å². The highest BCUT2D eigenvalue weighted by atomic mass is 16.5. The van der Waals surface area contributed by atoms with Gasteiger partial charge in [0.25, 0.3) is 0 Å². The molecule has 132 valence electrons. The van der Waals surface area contributed by atoms with Crippen LogP contribution in [0, 0.1) is 6.92 Å². The monoisotopic (exact) mass is 333 g/mol. The molecule has 1 aromatic carbocycles. The van der Waals surface area contributed by atoms with Gasteiger partial charge in [-0.05, 0) is 25.6 Å². The number of piperazine rings is 1. The van der Waals surface area contributed by atoms with Gasteiger partial charge in [-0.3, -0.25) is 14.5 Å². The predicted molar refractivity (Wildman–Crippen MR) is 93.0 cm³/mol. The van der Waals surface area contributed by atoms with E-state index in [-0.39, 0.29) is 11.8 Å². The smallest absolute Gasteiger partial charge is 0.236 e. The number of aryl methyl sites for hydroxylation is 1. The molecule has 1 heterocycles. The largest absolute Gasteiger partial charge is 0.492 e. The molecule has 0 atom stereocenters. The molecule has 0 radical (unpaired) electrons. The summed E-state index contributed by atoms with van der Waals surface area (Å²) in [7, 11) is 1.92. The van der Waals surface area contributed by atoms with Gasteiger partial charge in [0.2, 0.25) is 11.8 Å². The summed E-state index contributed by atoms with van der Waals surface area (Å²) in [6.07, 6.45) is 0. The first-order valence-electron chi connectivity index (χ1n) is 8.37. The van der Waals surface area contributed by atoms with Crippen molar-refractivity contribution in [3.8, 4) is 5.75 Å².